The molecule has 8 nitrogen and oxygen atoms in total. The lowest BCUT2D eigenvalue weighted by Crippen LogP contribution is -2.30. The second-order valence-electron chi connectivity index (χ2n) is 11.6. The first-order valence-corrected chi connectivity index (χ1v) is 15.2. The molecule has 0 atom stereocenters. The van der Waals surface area contributed by atoms with Crippen molar-refractivity contribution in [1.82, 2.24) is 9.55 Å². The minimum atomic E-state index is -1.35. The van der Waals surface area contributed by atoms with Crippen LogP contribution in [0.25, 0.3) is 22.2 Å². The van der Waals surface area contributed by atoms with E-state index in [9.17, 15) is 14.4 Å². The number of nitrogens with zero attached hydrogens (tertiary/aromatic N) is 2. The van der Waals surface area contributed by atoms with Crippen LogP contribution in [0.1, 0.15) is 76.1 Å². The molecule has 8 heteroatoms. The zero-order valence-corrected chi connectivity index (χ0v) is 24.7. The number of aryl methyl sites for hydroxylation is 1. The van der Waals surface area contributed by atoms with Crippen LogP contribution < -0.4 is 10.1 Å². The van der Waals surface area contributed by atoms with Crippen LogP contribution in [0, 0.1) is 5.41 Å². The Morgan fingerprint density at radius 1 is 1.05 bits per heavy atom. The predicted octanol–water partition coefficient (Wildman–Crippen LogP) is 8.02. The first-order valence-electron chi connectivity index (χ1n) is 15.2. The van der Waals surface area contributed by atoms with Gasteiger partial charge in [-0.05, 0) is 60.1 Å². The number of hydrogen-bond acceptors (Lipinski definition) is 5. The predicted molar refractivity (Wildman–Crippen MR) is 167 cm³/mol. The average molecular weight is 582 g/mol. The normalized spacial score (nSPS) is 14.3. The third-order valence-electron chi connectivity index (χ3n) is 8.52. The largest absolute Gasteiger partial charge is 0.511 e. The second-order valence-corrected chi connectivity index (χ2v) is 11.6. The Morgan fingerprint density at radius 3 is 2.53 bits per heavy atom. The number of amides is 1. The molecule has 4 aromatic rings. The lowest BCUT2D eigenvalue weighted by molar-refractivity contribution is -0.120. The van der Waals surface area contributed by atoms with Gasteiger partial charge >= 0.3 is 6.16 Å². The number of imidazole rings is 1. The summed E-state index contributed by atoms with van der Waals surface area (Å²) in [5.41, 5.74) is 4.96. The molecule has 1 aliphatic carbocycles. The van der Waals surface area contributed by atoms with Crippen molar-refractivity contribution in [1.29, 1.82) is 0 Å². The van der Waals surface area contributed by atoms with Gasteiger partial charge in [0.15, 0.2) is 0 Å². The fourth-order valence-corrected chi connectivity index (χ4v) is 6.29. The molecule has 0 spiro atoms. The summed E-state index contributed by atoms with van der Waals surface area (Å²) < 4.78 is 7.19. The molecule has 1 saturated carbocycles. The third-order valence-corrected chi connectivity index (χ3v) is 8.52. The van der Waals surface area contributed by atoms with Gasteiger partial charge in [0.25, 0.3) is 0 Å². The molecule has 1 fully saturated rings. The van der Waals surface area contributed by atoms with Crippen LogP contribution in [-0.2, 0) is 22.6 Å². The van der Waals surface area contributed by atoms with E-state index < -0.39 is 6.16 Å². The molecular weight excluding hydrogens is 542 g/mol. The maximum Gasteiger partial charge on any atom is 0.511 e. The van der Waals surface area contributed by atoms with Crippen LogP contribution in [0.15, 0.2) is 66.7 Å². The lowest BCUT2D eigenvalue weighted by Gasteiger charge is -2.35. The zero-order valence-electron chi connectivity index (χ0n) is 24.7. The molecule has 2 N–H and O–H groups in total. The summed E-state index contributed by atoms with van der Waals surface area (Å²) >= 11 is 0. The van der Waals surface area contributed by atoms with E-state index in [0.29, 0.717) is 30.7 Å². The van der Waals surface area contributed by atoms with Crippen LogP contribution in [0.5, 0.6) is 5.75 Å². The Balaban J connectivity index is 1.39. The first-order chi connectivity index (χ1) is 20.9. The first kappa shape index (κ1) is 30.0. The number of nitrogens with one attached hydrogen (secondary N) is 1. The number of aromatic nitrogens is 2. The molecule has 0 radical (unpaired) electrons. The smallest absolute Gasteiger partial charge is 0.449 e. The van der Waals surface area contributed by atoms with Crippen molar-refractivity contribution in [2.75, 3.05) is 5.32 Å². The van der Waals surface area contributed by atoms with Crippen molar-refractivity contribution in [3.8, 4) is 16.9 Å². The van der Waals surface area contributed by atoms with Crippen molar-refractivity contribution < 1.29 is 24.2 Å². The number of carboxylic acid groups (broad SMARTS) is 1. The fourth-order valence-electron chi connectivity index (χ4n) is 6.29. The standard InChI is InChI=1S/C35H39N3O5/c1-2-3-11-32-37-29-17-16-27(36-33(40)23-35(20-21-39)18-7-4-8-19-35)22-30(29)38(32)24-25-12-14-26(15-13-25)28-9-5-6-10-31(28)43-34(41)42/h5-6,9-10,12-17,21-22H,2-4,7-8,11,18-20,23-24H2,1H3,(H,36,40)(H,41,42). The topological polar surface area (TPSA) is 111 Å². The Kier molecular flexibility index (Phi) is 9.55. The molecule has 1 heterocycles. The molecular formula is C35H39N3O5. The minimum Gasteiger partial charge on any atom is -0.449 e. The Hall–Kier alpha value is -4.46. The number of fused-ring (bicyclic) bond motifs is 1. The van der Waals surface area contributed by atoms with Gasteiger partial charge in [0.2, 0.25) is 5.91 Å². The number of benzene rings is 3. The van der Waals surface area contributed by atoms with Gasteiger partial charge in [-0.1, -0.05) is 75.1 Å². The third kappa shape index (κ3) is 7.31. The molecule has 0 aliphatic heterocycles. The van der Waals surface area contributed by atoms with Gasteiger partial charge in [-0.15, -0.1) is 0 Å². The van der Waals surface area contributed by atoms with Crippen molar-refractivity contribution in [3.05, 3.63) is 78.1 Å². The van der Waals surface area contributed by atoms with Crippen LogP contribution in [0.2, 0.25) is 0 Å². The monoisotopic (exact) mass is 581 g/mol. The van der Waals surface area contributed by atoms with E-state index in [1.807, 2.05) is 54.6 Å². The van der Waals surface area contributed by atoms with Gasteiger partial charge < -0.3 is 24.5 Å². The van der Waals surface area contributed by atoms with Gasteiger partial charge in [0, 0.05) is 37.1 Å². The molecule has 0 saturated heterocycles. The maximum atomic E-state index is 13.2. The average Bonchev–Trinajstić information content (AvgIpc) is 3.33. The van der Waals surface area contributed by atoms with Gasteiger partial charge in [-0.3, -0.25) is 4.79 Å². The van der Waals surface area contributed by atoms with Gasteiger partial charge in [0.1, 0.15) is 17.9 Å². The number of rotatable bonds is 12. The fraction of sp³-hybridized carbons (Fsp3) is 0.371. The molecule has 0 unspecified atom stereocenters. The highest BCUT2D eigenvalue weighted by molar-refractivity contribution is 5.93. The molecule has 5 rings (SSSR count). The molecule has 1 aromatic heterocycles. The second kappa shape index (κ2) is 13.7. The summed E-state index contributed by atoms with van der Waals surface area (Å²) in [6, 6.07) is 20.9. The highest BCUT2D eigenvalue weighted by Gasteiger charge is 2.34. The summed E-state index contributed by atoms with van der Waals surface area (Å²) in [4.78, 5) is 40.6. The molecule has 0 bridgehead atoms. The highest BCUT2D eigenvalue weighted by Crippen LogP contribution is 2.42. The zero-order chi connectivity index (χ0) is 30.2. The van der Waals surface area contributed by atoms with E-state index >= 15 is 0 Å². The summed E-state index contributed by atoms with van der Waals surface area (Å²) in [5, 5.41) is 12.2. The maximum absolute atomic E-state index is 13.2. The summed E-state index contributed by atoms with van der Waals surface area (Å²) in [5.74, 6) is 1.24. The quantitative estimate of drug-likeness (QED) is 0.0996. The number of carbonyl (C=O) groups excluding carboxylic acids is 2. The van der Waals surface area contributed by atoms with Crippen molar-refractivity contribution in [2.45, 2.75) is 77.7 Å². The number of hydrogen-bond donors (Lipinski definition) is 2. The van der Waals surface area contributed by atoms with Crippen LogP contribution >= 0.6 is 0 Å². The lowest BCUT2D eigenvalue weighted by atomic mass is 9.70. The number of ether oxygens (including phenoxy) is 1. The van der Waals surface area contributed by atoms with Gasteiger partial charge in [0.05, 0.1) is 11.0 Å². The van der Waals surface area contributed by atoms with E-state index in [4.69, 9.17) is 14.8 Å². The van der Waals surface area contributed by atoms with E-state index in [1.54, 1.807) is 12.1 Å². The summed E-state index contributed by atoms with van der Waals surface area (Å²) in [6.07, 6.45) is 8.47. The molecule has 3 aromatic carbocycles. The van der Waals surface area contributed by atoms with Gasteiger partial charge in [-0.25, -0.2) is 9.78 Å². The van der Waals surface area contributed by atoms with E-state index in [1.165, 1.54) is 6.42 Å². The van der Waals surface area contributed by atoms with Crippen LogP contribution in [0.3, 0.4) is 0 Å². The number of anilines is 1. The molecule has 43 heavy (non-hydrogen) atoms. The minimum absolute atomic E-state index is 0.0527. The van der Waals surface area contributed by atoms with Crippen molar-refractivity contribution >= 4 is 35.1 Å². The van der Waals surface area contributed by atoms with Crippen LogP contribution in [-0.4, -0.2) is 33.0 Å². The highest BCUT2D eigenvalue weighted by atomic mass is 16.7. The van der Waals surface area contributed by atoms with E-state index in [0.717, 1.165) is 84.9 Å². The Labute approximate surface area is 252 Å². The van der Waals surface area contributed by atoms with Crippen molar-refractivity contribution in [3.63, 3.8) is 0 Å². The van der Waals surface area contributed by atoms with Crippen LogP contribution in [0.4, 0.5) is 10.5 Å². The Bertz CT molecular complexity index is 1590. The SMILES string of the molecule is CCCCc1nc2ccc(NC(=O)CC3(CC=O)CCCCC3)cc2n1Cc1ccc(-c2ccccc2OC(=O)O)cc1. The van der Waals surface area contributed by atoms with Crippen molar-refractivity contribution in [2.24, 2.45) is 5.41 Å². The number of unbranched alkanes of at least 4 members (excludes halogenated alkanes) is 1. The number of carbonyl (C=O) groups is 3. The number of aldehydes is 1. The van der Waals surface area contributed by atoms with Gasteiger partial charge in [-0.2, -0.15) is 0 Å². The number of para-hydroxylation sites is 1. The summed E-state index contributed by atoms with van der Waals surface area (Å²) in [6.45, 7) is 2.76. The summed E-state index contributed by atoms with van der Waals surface area (Å²) in [7, 11) is 0. The van der Waals surface area contributed by atoms with E-state index in [-0.39, 0.29) is 11.3 Å². The van der Waals surface area contributed by atoms with E-state index in [2.05, 4.69) is 16.8 Å². The Morgan fingerprint density at radius 2 is 1.81 bits per heavy atom. The molecule has 1 amide bonds. The molecule has 224 valence electrons. The molecule has 1 aliphatic rings.